The van der Waals surface area contributed by atoms with Crippen LogP contribution in [0.3, 0.4) is 0 Å². The summed E-state index contributed by atoms with van der Waals surface area (Å²) in [7, 11) is 3.34. The van der Waals surface area contributed by atoms with Crippen molar-refractivity contribution in [2.75, 3.05) is 40.4 Å². The molecule has 152 valence electrons. The summed E-state index contributed by atoms with van der Waals surface area (Å²) in [6.07, 6.45) is 0. The van der Waals surface area contributed by atoms with Crippen LogP contribution in [0.4, 0.5) is 0 Å². The molecule has 1 aliphatic heterocycles. The van der Waals surface area contributed by atoms with Gasteiger partial charge in [-0.25, -0.2) is 4.68 Å². The van der Waals surface area contributed by atoms with Crippen molar-refractivity contribution in [3.63, 3.8) is 0 Å². The van der Waals surface area contributed by atoms with Crippen molar-refractivity contribution in [2.45, 2.75) is 13.1 Å². The van der Waals surface area contributed by atoms with Crippen LogP contribution in [0.1, 0.15) is 5.56 Å². The number of rotatable bonds is 6. The van der Waals surface area contributed by atoms with Gasteiger partial charge in [0.15, 0.2) is 0 Å². The van der Waals surface area contributed by atoms with Crippen LogP contribution < -0.4 is 9.47 Å². The van der Waals surface area contributed by atoms with Crippen molar-refractivity contribution in [2.24, 2.45) is 0 Å². The second-order valence-corrected chi connectivity index (χ2v) is 7.07. The second kappa shape index (κ2) is 8.48. The topological polar surface area (TPSA) is 72.7 Å². The van der Waals surface area contributed by atoms with Gasteiger partial charge in [0.2, 0.25) is 5.91 Å². The van der Waals surface area contributed by atoms with Crippen LogP contribution in [0.2, 0.25) is 0 Å². The normalized spacial score (nSPS) is 14.9. The molecule has 0 saturated carbocycles. The number of methoxy groups -OCH3 is 2. The van der Waals surface area contributed by atoms with Crippen LogP contribution >= 0.6 is 0 Å². The predicted molar refractivity (Wildman–Crippen MR) is 109 cm³/mol. The van der Waals surface area contributed by atoms with E-state index in [2.05, 4.69) is 15.2 Å². The number of aromatic nitrogens is 3. The summed E-state index contributed by atoms with van der Waals surface area (Å²) in [6.45, 7) is 3.98. The maximum Gasteiger partial charge on any atom is 0.244 e. The van der Waals surface area contributed by atoms with Gasteiger partial charge >= 0.3 is 0 Å². The van der Waals surface area contributed by atoms with Crippen molar-refractivity contribution in [1.82, 2.24) is 24.8 Å². The number of hydrogen-bond donors (Lipinski definition) is 0. The lowest BCUT2D eigenvalue weighted by molar-refractivity contribution is -0.133. The number of carbonyl (C=O) groups is 1. The zero-order valence-electron chi connectivity index (χ0n) is 16.7. The van der Waals surface area contributed by atoms with E-state index in [1.165, 1.54) is 0 Å². The number of nitrogens with zero attached hydrogens (tertiary/aromatic N) is 5. The summed E-state index contributed by atoms with van der Waals surface area (Å²) in [4.78, 5) is 17.0. The van der Waals surface area contributed by atoms with Crippen LogP contribution in [0.25, 0.3) is 11.0 Å². The average molecular weight is 395 g/mol. The quantitative estimate of drug-likeness (QED) is 0.634. The Labute approximate surface area is 169 Å². The van der Waals surface area contributed by atoms with E-state index in [0.29, 0.717) is 13.1 Å². The molecular formula is C21H25N5O3. The van der Waals surface area contributed by atoms with Crippen molar-refractivity contribution in [1.29, 1.82) is 0 Å². The fourth-order valence-electron chi connectivity index (χ4n) is 3.66. The summed E-state index contributed by atoms with van der Waals surface area (Å²) in [5.41, 5.74) is 2.77. The lowest BCUT2D eigenvalue weighted by atomic mass is 10.1. The van der Waals surface area contributed by atoms with E-state index in [1.54, 1.807) is 18.9 Å². The maximum absolute atomic E-state index is 12.7. The summed E-state index contributed by atoms with van der Waals surface area (Å²) in [5, 5.41) is 8.24. The molecule has 2 heterocycles. The van der Waals surface area contributed by atoms with Gasteiger partial charge in [0, 0.05) is 38.3 Å². The summed E-state index contributed by atoms with van der Waals surface area (Å²) >= 11 is 0. The molecule has 8 nitrogen and oxygen atoms in total. The molecular weight excluding hydrogens is 370 g/mol. The average Bonchev–Trinajstić information content (AvgIpc) is 3.17. The van der Waals surface area contributed by atoms with Crippen molar-refractivity contribution < 1.29 is 14.3 Å². The largest absolute Gasteiger partial charge is 0.497 e. The number of para-hydroxylation sites is 1. The van der Waals surface area contributed by atoms with Crippen molar-refractivity contribution in [3.8, 4) is 11.5 Å². The summed E-state index contributed by atoms with van der Waals surface area (Å²) in [6, 6.07) is 13.5. The molecule has 1 aromatic heterocycles. The molecule has 3 aromatic rings. The molecule has 29 heavy (non-hydrogen) atoms. The number of amides is 1. The number of carbonyl (C=O) groups excluding carboxylic acids is 1. The van der Waals surface area contributed by atoms with Gasteiger partial charge in [-0.2, -0.15) is 0 Å². The Balaban J connectivity index is 1.35. The molecule has 1 saturated heterocycles. The van der Waals surface area contributed by atoms with E-state index in [1.807, 2.05) is 47.4 Å². The van der Waals surface area contributed by atoms with Crippen molar-refractivity contribution >= 4 is 16.9 Å². The van der Waals surface area contributed by atoms with Gasteiger partial charge in [-0.3, -0.25) is 9.69 Å². The highest BCUT2D eigenvalue weighted by molar-refractivity contribution is 5.79. The molecule has 2 aromatic carbocycles. The zero-order chi connectivity index (χ0) is 20.2. The molecule has 0 unspecified atom stereocenters. The fraction of sp³-hybridized carbons (Fsp3) is 0.381. The van der Waals surface area contributed by atoms with Crippen LogP contribution in [0.5, 0.6) is 11.5 Å². The Morgan fingerprint density at radius 1 is 1.03 bits per heavy atom. The Hall–Kier alpha value is -3.13. The maximum atomic E-state index is 12.7. The molecule has 0 N–H and O–H groups in total. The molecule has 0 aliphatic carbocycles. The van der Waals surface area contributed by atoms with Gasteiger partial charge in [0.1, 0.15) is 23.6 Å². The summed E-state index contributed by atoms with van der Waals surface area (Å²) < 4.78 is 12.5. The third-order valence-corrected chi connectivity index (χ3v) is 5.31. The molecule has 0 bridgehead atoms. The standard InChI is InChI=1S/C21H25N5O3/c1-28-17-7-8-20(29-2)16(13-17)14-24-9-11-25(12-10-24)21(27)15-26-19-6-4-3-5-18(19)22-23-26/h3-8,13H,9-12,14-15H2,1-2H3. The van der Waals surface area contributed by atoms with Crippen LogP contribution in [0, 0.1) is 0 Å². The molecule has 1 amide bonds. The van der Waals surface area contributed by atoms with Gasteiger partial charge in [-0.15, -0.1) is 5.10 Å². The first-order chi connectivity index (χ1) is 14.2. The number of ether oxygens (including phenoxy) is 2. The van der Waals surface area contributed by atoms with Gasteiger partial charge < -0.3 is 14.4 Å². The fourth-order valence-corrected chi connectivity index (χ4v) is 3.66. The molecule has 4 rings (SSSR count). The Morgan fingerprint density at radius 3 is 2.59 bits per heavy atom. The third-order valence-electron chi connectivity index (χ3n) is 5.31. The first-order valence-electron chi connectivity index (χ1n) is 9.67. The van der Waals surface area contributed by atoms with E-state index >= 15 is 0 Å². The van der Waals surface area contributed by atoms with Crippen LogP contribution in [-0.2, 0) is 17.9 Å². The minimum atomic E-state index is 0.0688. The van der Waals surface area contributed by atoms with E-state index in [9.17, 15) is 4.79 Å². The number of piperazine rings is 1. The molecule has 1 fully saturated rings. The monoisotopic (exact) mass is 395 g/mol. The van der Waals surface area contributed by atoms with E-state index in [-0.39, 0.29) is 12.5 Å². The minimum Gasteiger partial charge on any atom is -0.497 e. The van der Waals surface area contributed by atoms with Gasteiger partial charge in [-0.05, 0) is 30.3 Å². The third kappa shape index (κ3) is 4.17. The molecule has 0 spiro atoms. The first-order valence-corrected chi connectivity index (χ1v) is 9.67. The van der Waals surface area contributed by atoms with Gasteiger partial charge in [-0.1, -0.05) is 17.3 Å². The molecule has 1 aliphatic rings. The Morgan fingerprint density at radius 2 is 1.83 bits per heavy atom. The molecule has 8 heteroatoms. The minimum absolute atomic E-state index is 0.0688. The van der Waals surface area contributed by atoms with E-state index < -0.39 is 0 Å². The molecule has 0 radical (unpaired) electrons. The predicted octanol–water partition coefficient (Wildman–Crippen LogP) is 1.79. The SMILES string of the molecule is COc1ccc(OC)c(CN2CCN(C(=O)Cn3nnc4ccccc43)CC2)c1. The highest BCUT2D eigenvalue weighted by Gasteiger charge is 2.23. The van der Waals surface area contributed by atoms with Crippen LogP contribution in [-0.4, -0.2) is 71.1 Å². The van der Waals surface area contributed by atoms with Crippen LogP contribution in [0.15, 0.2) is 42.5 Å². The first kappa shape index (κ1) is 19.2. The van der Waals surface area contributed by atoms with E-state index in [0.717, 1.165) is 47.7 Å². The Bertz CT molecular complexity index is 995. The molecule has 0 atom stereocenters. The lowest BCUT2D eigenvalue weighted by Crippen LogP contribution is -2.49. The highest BCUT2D eigenvalue weighted by Crippen LogP contribution is 2.25. The highest BCUT2D eigenvalue weighted by atomic mass is 16.5. The lowest BCUT2D eigenvalue weighted by Gasteiger charge is -2.35. The zero-order valence-corrected chi connectivity index (χ0v) is 16.7. The Kier molecular flexibility index (Phi) is 5.62. The second-order valence-electron chi connectivity index (χ2n) is 7.07. The number of fused-ring (bicyclic) bond motifs is 1. The number of benzene rings is 2. The number of hydrogen-bond acceptors (Lipinski definition) is 6. The summed E-state index contributed by atoms with van der Waals surface area (Å²) in [5.74, 6) is 1.73. The smallest absolute Gasteiger partial charge is 0.244 e. The van der Waals surface area contributed by atoms with Gasteiger partial charge in [0.25, 0.3) is 0 Å². The van der Waals surface area contributed by atoms with Crippen molar-refractivity contribution in [3.05, 3.63) is 48.0 Å². The van der Waals surface area contributed by atoms with Gasteiger partial charge in [0.05, 0.1) is 19.7 Å². The van der Waals surface area contributed by atoms with E-state index in [4.69, 9.17) is 9.47 Å².